The van der Waals surface area contributed by atoms with Gasteiger partial charge in [0.15, 0.2) is 0 Å². The Hall–Kier alpha value is -3.35. The molecule has 0 atom stereocenters. The lowest BCUT2D eigenvalue weighted by Crippen LogP contribution is -2.28. The van der Waals surface area contributed by atoms with Crippen LogP contribution in [0.1, 0.15) is 36.8 Å². The molecule has 0 unspecified atom stereocenters. The lowest BCUT2D eigenvalue weighted by Gasteiger charge is -2.17. The number of likely N-dealkylation sites (tertiary alicyclic amines) is 1. The van der Waals surface area contributed by atoms with Crippen LogP contribution in [0, 0.1) is 0 Å². The smallest absolute Gasteiger partial charge is 0.319 e. The van der Waals surface area contributed by atoms with Crippen LogP contribution in [0.4, 0.5) is 16.2 Å². The van der Waals surface area contributed by atoms with Crippen molar-refractivity contribution in [2.75, 3.05) is 23.3 Å². The van der Waals surface area contributed by atoms with Crippen LogP contribution in [0.3, 0.4) is 0 Å². The molecule has 2 N–H and O–H groups in total. The van der Waals surface area contributed by atoms with E-state index in [2.05, 4.69) is 10.6 Å². The van der Waals surface area contributed by atoms with Crippen LogP contribution in [0.2, 0.25) is 0 Å². The Morgan fingerprint density at radius 3 is 2.43 bits per heavy atom. The topological polar surface area (TPSA) is 81.8 Å². The third kappa shape index (κ3) is 4.79. The highest BCUT2D eigenvalue weighted by atomic mass is 16.2. The Morgan fingerprint density at radius 1 is 0.900 bits per heavy atom. The summed E-state index contributed by atoms with van der Waals surface area (Å²) >= 11 is 0. The fraction of sp³-hybridized carbons (Fsp3) is 0.348. The zero-order valence-corrected chi connectivity index (χ0v) is 16.9. The van der Waals surface area contributed by atoms with E-state index in [-0.39, 0.29) is 17.8 Å². The van der Waals surface area contributed by atoms with E-state index in [9.17, 15) is 14.4 Å². The number of urea groups is 1. The van der Waals surface area contributed by atoms with Crippen molar-refractivity contribution in [1.29, 1.82) is 0 Å². The molecule has 2 aliphatic rings. The van der Waals surface area contributed by atoms with Gasteiger partial charge in [-0.15, -0.1) is 0 Å². The van der Waals surface area contributed by atoms with Gasteiger partial charge in [0.05, 0.1) is 0 Å². The highest BCUT2D eigenvalue weighted by Gasteiger charge is 2.22. The molecule has 2 fully saturated rings. The molecule has 7 heteroatoms. The van der Waals surface area contributed by atoms with E-state index in [0.717, 1.165) is 36.2 Å². The normalized spacial score (nSPS) is 16.3. The van der Waals surface area contributed by atoms with Gasteiger partial charge in [-0.25, -0.2) is 4.79 Å². The Bertz CT molecular complexity index is 959. The van der Waals surface area contributed by atoms with Gasteiger partial charge in [-0.1, -0.05) is 30.3 Å². The molecular formula is C23H26N4O3. The van der Waals surface area contributed by atoms with Crippen molar-refractivity contribution < 1.29 is 14.4 Å². The van der Waals surface area contributed by atoms with E-state index >= 15 is 0 Å². The molecule has 156 valence electrons. The van der Waals surface area contributed by atoms with Gasteiger partial charge in [0, 0.05) is 50.4 Å². The van der Waals surface area contributed by atoms with Gasteiger partial charge in [0.25, 0.3) is 0 Å². The Labute approximate surface area is 176 Å². The fourth-order valence-electron chi connectivity index (χ4n) is 3.96. The number of hydrogen-bond donors (Lipinski definition) is 2. The number of nitrogens with zero attached hydrogens (tertiary/aromatic N) is 2. The van der Waals surface area contributed by atoms with Gasteiger partial charge < -0.3 is 20.4 Å². The predicted octanol–water partition coefficient (Wildman–Crippen LogP) is 3.26. The van der Waals surface area contributed by atoms with Crippen molar-refractivity contribution in [3.63, 3.8) is 0 Å². The summed E-state index contributed by atoms with van der Waals surface area (Å²) in [6, 6.07) is 14.9. The first-order valence-corrected chi connectivity index (χ1v) is 10.4. The summed E-state index contributed by atoms with van der Waals surface area (Å²) in [6.45, 7) is 2.53. The van der Waals surface area contributed by atoms with E-state index in [1.807, 2.05) is 47.4 Å². The van der Waals surface area contributed by atoms with Gasteiger partial charge in [-0.3, -0.25) is 9.59 Å². The molecule has 0 saturated carbocycles. The molecule has 2 aromatic carbocycles. The maximum Gasteiger partial charge on any atom is 0.319 e. The zero-order valence-electron chi connectivity index (χ0n) is 16.9. The van der Waals surface area contributed by atoms with E-state index in [0.29, 0.717) is 38.2 Å². The van der Waals surface area contributed by atoms with Crippen molar-refractivity contribution in [2.24, 2.45) is 0 Å². The van der Waals surface area contributed by atoms with Gasteiger partial charge in [-0.05, 0) is 42.2 Å². The number of anilines is 2. The summed E-state index contributed by atoms with van der Waals surface area (Å²) in [5.41, 5.74) is 3.49. The van der Waals surface area contributed by atoms with Crippen LogP contribution in [0.25, 0.3) is 0 Å². The third-order valence-corrected chi connectivity index (χ3v) is 5.48. The molecule has 4 rings (SSSR count). The van der Waals surface area contributed by atoms with Crippen LogP contribution in [0.5, 0.6) is 0 Å². The second-order valence-electron chi connectivity index (χ2n) is 7.75. The van der Waals surface area contributed by atoms with Crippen molar-refractivity contribution in [2.45, 2.75) is 38.8 Å². The summed E-state index contributed by atoms with van der Waals surface area (Å²) in [4.78, 5) is 39.7. The molecule has 0 aliphatic carbocycles. The minimum atomic E-state index is -0.306. The molecule has 4 amide bonds. The lowest BCUT2D eigenvalue weighted by atomic mass is 10.1. The minimum Gasteiger partial charge on any atom is -0.338 e. The molecule has 7 nitrogen and oxygen atoms in total. The third-order valence-electron chi connectivity index (χ3n) is 5.48. The monoisotopic (exact) mass is 406 g/mol. The molecule has 2 aromatic rings. The number of hydrogen-bond acceptors (Lipinski definition) is 3. The highest BCUT2D eigenvalue weighted by molar-refractivity contribution is 5.96. The quantitative estimate of drug-likeness (QED) is 0.773. The van der Waals surface area contributed by atoms with Gasteiger partial charge in [0.2, 0.25) is 11.8 Å². The Kier molecular flexibility index (Phi) is 5.97. The summed E-state index contributed by atoms with van der Waals surface area (Å²) in [5, 5.41) is 5.69. The number of rotatable bonds is 6. The largest absolute Gasteiger partial charge is 0.338 e. The molecular weight excluding hydrogens is 380 g/mol. The number of amides is 4. The second-order valence-corrected chi connectivity index (χ2v) is 7.75. The van der Waals surface area contributed by atoms with Crippen LogP contribution in [-0.4, -0.2) is 35.8 Å². The second kappa shape index (κ2) is 8.98. The molecule has 2 heterocycles. The fourth-order valence-corrected chi connectivity index (χ4v) is 3.96. The van der Waals surface area contributed by atoms with Crippen molar-refractivity contribution >= 4 is 29.2 Å². The van der Waals surface area contributed by atoms with E-state index < -0.39 is 0 Å². The first-order valence-electron chi connectivity index (χ1n) is 10.4. The summed E-state index contributed by atoms with van der Waals surface area (Å²) < 4.78 is 0. The highest BCUT2D eigenvalue weighted by Crippen LogP contribution is 2.24. The van der Waals surface area contributed by atoms with Crippen LogP contribution >= 0.6 is 0 Å². The van der Waals surface area contributed by atoms with Gasteiger partial charge in [0.1, 0.15) is 0 Å². The van der Waals surface area contributed by atoms with E-state index in [1.165, 1.54) is 0 Å². The number of benzene rings is 2. The molecule has 0 bridgehead atoms. The molecule has 2 saturated heterocycles. The standard InChI is InChI=1S/C23H26N4O3/c28-21-9-3-11-26(21)16-18-6-1-5-17(13-18)15-24-23(30)25-19-7-2-8-20(14-19)27-12-4-10-22(27)29/h1-2,5-8,13-14H,3-4,9-12,15-16H2,(H2,24,25,30). The van der Waals surface area contributed by atoms with Crippen LogP contribution in [-0.2, 0) is 22.7 Å². The first kappa shape index (κ1) is 19.9. The van der Waals surface area contributed by atoms with Crippen molar-refractivity contribution in [1.82, 2.24) is 10.2 Å². The van der Waals surface area contributed by atoms with Crippen LogP contribution < -0.4 is 15.5 Å². The lowest BCUT2D eigenvalue weighted by molar-refractivity contribution is -0.128. The predicted molar refractivity (Wildman–Crippen MR) is 115 cm³/mol. The summed E-state index contributed by atoms with van der Waals surface area (Å²) in [5.74, 6) is 0.322. The summed E-state index contributed by atoms with van der Waals surface area (Å²) in [7, 11) is 0. The van der Waals surface area contributed by atoms with Gasteiger partial charge >= 0.3 is 6.03 Å². The maximum absolute atomic E-state index is 12.3. The Morgan fingerprint density at radius 2 is 1.67 bits per heavy atom. The average Bonchev–Trinajstić information content (AvgIpc) is 3.35. The van der Waals surface area contributed by atoms with Crippen molar-refractivity contribution in [3.8, 4) is 0 Å². The molecule has 0 aromatic heterocycles. The zero-order chi connectivity index (χ0) is 20.9. The minimum absolute atomic E-state index is 0.118. The van der Waals surface area contributed by atoms with E-state index in [4.69, 9.17) is 0 Å². The average molecular weight is 406 g/mol. The maximum atomic E-state index is 12.3. The molecule has 0 radical (unpaired) electrons. The number of carbonyl (C=O) groups excluding carboxylic acids is 3. The van der Waals surface area contributed by atoms with E-state index in [1.54, 1.807) is 11.0 Å². The molecule has 0 spiro atoms. The Balaban J connectivity index is 1.31. The van der Waals surface area contributed by atoms with Crippen molar-refractivity contribution in [3.05, 3.63) is 59.7 Å². The first-order chi connectivity index (χ1) is 14.6. The molecule has 30 heavy (non-hydrogen) atoms. The van der Waals surface area contributed by atoms with Gasteiger partial charge in [-0.2, -0.15) is 0 Å². The molecule has 2 aliphatic heterocycles. The van der Waals surface area contributed by atoms with Crippen LogP contribution in [0.15, 0.2) is 48.5 Å². The summed E-state index contributed by atoms with van der Waals surface area (Å²) in [6.07, 6.45) is 2.99. The number of nitrogens with one attached hydrogen (secondary N) is 2. The SMILES string of the molecule is O=C(NCc1cccc(CN2CCCC2=O)c1)Nc1cccc(N2CCCC2=O)c1. The number of carbonyl (C=O) groups is 3.